The molecule has 1 aliphatic rings. The lowest BCUT2D eigenvalue weighted by molar-refractivity contribution is -0.120. The Morgan fingerprint density at radius 2 is 1.86 bits per heavy atom. The van der Waals surface area contributed by atoms with Crippen molar-refractivity contribution in [1.29, 1.82) is 0 Å². The minimum absolute atomic E-state index is 0.00409. The van der Waals surface area contributed by atoms with Crippen molar-refractivity contribution in [2.45, 2.75) is 51.0 Å². The maximum atomic E-state index is 13.4. The first kappa shape index (κ1) is 16.0. The molecule has 1 aromatic rings. The molecule has 0 radical (unpaired) electrons. The summed E-state index contributed by atoms with van der Waals surface area (Å²) in [6.07, 6.45) is 8.01. The molecule has 1 amide bonds. The van der Waals surface area contributed by atoms with Crippen molar-refractivity contribution < 1.29 is 9.18 Å². The topological polar surface area (TPSA) is 41.1 Å². The Bertz CT molecular complexity index is 442. The zero-order valence-corrected chi connectivity index (χ0v) is 12.5. The zero-order chi connectivity index (χ0) is 14.9. The van der Waals surface area contributed by atoms with Gasteiger partial charge in [-0.05, 0) is 30.9 Å². The summed E-state index contributed by atoms with van der Waals surface area (Å²) in [7, 11) is 0. The Hall–Kier alpha value is -1.42. The Balaban J connectivity index is 1.62. The number of hydrogen-bond acceptors (Lipinski definition) is 2. The van der Waals surface area contributed by atoms with Gasteiger partial charge in [0, 0.05) is 12.6 Å². The highest BCUT2D eigenvalue weighted by Crippen LogP contribution is 2.16. The molecular weight excluding hydrogens is 267 g/mol. The number of nitrogens with one attached hydrogen (secondary N) is 2. The third-order valence-electron chi connectivity index (χ3n) is 4.08. The quantitative estimate of drug-likeness (QED) is 0.792. The van der Waals surface area contributed by atoms with E-state index in [1.165, 1.54) is 44.6 Å². The highest BCUT2D eigenvalue weighted by atomic mass is 19.1. The van der Waals surface area contributed by atoms with Crippen molar-refractivity contribution >= 4 is 5.91 Å². The van der Waals surface area contributed by atoms with Crippen LogP contribution < -0.4 is 10.6 Å². The van der Waals surface area contributed by atoms with Gasteiger partial charge in [0.05, 0.1) is 6.54 Å². The van der Waals surface area contributed by atoms with E-state index in [1.807, 2.05) is 6.07 Å². The fourth-order valence-corrected chi connectivity index (χ4v) is 2.82. The van der Waals surface area contributed by atoms with Crippen molar-refractivity contribution in [1.82, 2.24) is 10.6 Å². The summed E-state index contributed by atoms with van der Waals surface area (Å²) in [5, 5.41) is 6.18. The second-order valence-electron chi connectivity index (χ2n) is 5.76. The van der Waals surface area contributed by atoms with E-state index >= 15 is 0 Å². The number of carbonyl (C=O) groups excluding carboxylic acids is 1. The van der Waals surface area contributed by atoms with Gasteiger partial charge in [0.2, 0.25) is 5.91 Å². The molecule has 2 N–H and O–H groups in total. The molecule has 4 heteroatoms. The van der Waals surface area contributed by atoms with Crippen LogP contribution in [0.2, 0.25) is 0 Å². The lowest BCUT2D eigenvalue weighted by Gasteiger charge is -2.15. The van der Waals surface area contributed by atoms with Gasteiger partial charge in [0.15, 0.2) is 0 Å². The second kappa shape index (κ2) is 8.78. The standard InChI is InChI=1S/C17H25FN2O/c18-16-10-6-5-7-14(16)11-12-19-17(21)13-20-15-8-3-1-2-4-9-15/h5-7,10,15,20H,1-4,8-9,11-13H2,(H,19,21). The van der Waals surface area contributed by atoms with Crippen LogP contribution in [0.5, 0.6) is 0 Å². The van der Waals surface area contributed by atoms with Crippen molar-refractivity contribution in [2.24, 2.45) is 0 Å². The van der Waals surface area contributed by atoms with Gasteiger partial charge in [-0.3, -0.25) is 4.79 Å². The van der Waals surface area contributed by atoms with Gasteiger partial charge in [0.25, 0.3) is 0 Å². The number of halogens is 1. The number of rotatable bonds is 6. The van der Waals surface area contributed by atoms with Gasteiger partial charge in [0.1, 0.15) is 5.82 Å². The highest BCUT2D eigenvalue weighted by Gasteiger charge is 2.12. The summed E-state index contributed by atoms with van der Waals surface area (Å²) < 4.78 is 13.4. The van der Waals surface area contributed by atoms with Crippen LogP contribution in [0, 0.1) is 5.82 Å². The van der Waals surface area contributed by atoms with E-state index in [0.717, 1.165) is 0 Å². The average Bonchev–Trinajstić information content (AvgIpc) is 2.76. The van der Waals surface area contributed by atoms with Crippen LogP contribution in [0.3, 0.4) is 0 Å². The fraction of sp³-hybridized carbons (Fsp3) is 0.588. The molecule has 0 aliphatic heterocycles. The molecule has 0 spiro atoms. The van der Waals surface area contributed by atoms with Crippen molar-refractivity contribution in [3.05, 3.63) is 35.6 Å². The first-order chi connectivity index (χ1) is 10.3. The molecule has 0 bridgehead atoms. The third-order valence-corrected chi connectivity index (χ3v) is 4.08. The van der Waals surface area contributed by atoms with Crippen LogP contribution in [0.15, 0.2) is 24.3 Å². The molecule has 0 unspecified atom stereocenters. The summed E-state index contributed by atoms with van der Waals surface area (Å²) >= 11 is 0. The SMILES string of the molecule is O=C(CNC1CCCCCC1)NCCc1ccccc1F. The van der Waals surface area contributed by atoms with E-state index in [-0.39, 0.29) is 11.7 Å². The molecular formula is C17H25FN2O. The minimum atomic E-state index is -0.205. The van der Waals surface area contributed by atoms with Crippen LogP contribution in [0.25, 0.3) is 0 Å². The molecule has 1 fully saturated rings. The number of amides is 1. The summed E-state index contributed by atoms with van der Waals surface area (Å²) in [6, 6.07) is 7.17. The van der Waals surface area contributed by atoms with Gasteiger partial charge >= 0.3 is 0 Å². The van der Waals surface area contributed by atoms with Crippen LogP contribution >= 0.6 is 0 Å². The highest BCUT2D eigenvalue weighted by molar-refractivity contribution is 5.78. The Labute approximate surface area is 126 Å². The zero-order valence-electron chi connectivity index (χ0n) is 12.5. The largest absolute Gasteiger partial charge is 0.355 e. The average molecular weight is 292 g/mol. The Kier molecular flexibility index (Phi) is 6.67. The first-order valence-corrected chi connectivity index (χ1v) is 7.99. The monoisotopic (exact) mass is 292 g/mol. The van der Waals surface area contributed by atoms with E-state index in [1.54, 1.807) is 12.1 Å². The third kappa shape index (κ3) is 5.84. The van der Waals surface area contributed by atoms with Gasteiger partial charge in [-0.15, -0.1) is 0 Å². The van der Waals surface area contributed by atoms with E-state index in [9.17, 15) is 9.18 Å². The summed E-state index contributed by atoms with van der Waals surface area (Å²) in [5.41, 5.74) is 0.648. The summed E-state index contributed by atoms with van der Waals surface area (Å²) in [5.74, 6) is -0.209. The van der Waals surface area contributed by atoms with Crippen LogP contribution in [-0.4, -0.2) is 25.0 Å². The molecule has 2 rings (SSSR count). The van der Waals surface area contributed by atoms with Crippen LogP contribution in [0.1, 0.15) is 44.1 Å². The first-order valence-electron chi connectivity index (χ1n) is 7.99. The van der Waals surface area contributed by atoms with E-state index in [0.29, 0.717) is 31.1 Å². The lowest BCUT2D eigenvalue weighted by atomic mass is 10.1. The molecule has 0 saturated heterocycles. The van der Waals surface area contributed by atoms with Gasteiger partial charge < -0.3 is 10.6 Å². The van der Waals surface area contributed by atoms with Gasteiger partial charge in [-0.25, -0.2) is 4.39 Å². The summed E-state index contributed by atoms with van der Waals surface area (Å²) in [6.45, 7) is 0.841. The smallest absolute Gasteiger partial charge is 0.233 e. The second-order valence-corrected chi connectivity index (χ2v) is 5.76. The molecule has 0 heterocycles. The molecule has 1 aromatic carbocycles. The predicted octanol–water partition coefficient (Wildman–Crippen LogP) is 2.80. The minimum Gasteiger partial charge on any atom is -0.355 e. The normalized spacial score (nSPS) is 16.4. The van der Waals surface area contributed by atoms with Crippen LogP contribution in [0.4, 0.5) is 4.39 Å². The van der Waals surface area contributed by atoms with E-state index in [4.69, 9.17) is 0 Å². The van der Waals surface area contributed by atoms with Crippen molar-refractivity contribution in [3.63, 3.8) is 0 Å². The molecule has 1 aliphatic carbocycles. The van der Waals surface area contributed by atoms with Crippen LogP contribution in [-0.2, 0) is 11.2 Å². The molecule has 0 atom stereocenters. The Morgan fingerprint density at radius 1 is 1.14 bits per heavy atom. The number of hydrogen-bond donors (Lipinski definition) is 2. The Morgan fingerprint density at radius 3 is 2.57 bits per heavy atom. The fourth-order valence-electron chi connectivity index (χ4n) is 2.82. The molecule has 116 valence electrons. The summed E-state index contributed by atoms with van der Waals surface area (Å²) in [4.78, 5) is 11.8. The number of benzene rings is 1. The molecule has 21 heavy (non-hydrogen) atoms. The maximum absolute atomic E-state index is 13.4. The maximum Gasteiger partial charge on any atom is 0.233 e. The van der Waals surface area contributed by atoms with E-state index < -0.39 is 0 Å². The molecule has 0 aromatic heterocycles. The predicted molar refractivity (Wildman–Crippen MR) is 82.6 cm³/mol. The van der Waals surface area contributed by atoms with Crippen molar-refractivity contribution in [2.75, 3.05) is 13.1 Å². The lowest BCUT2D eigenvalue weighted by Crippen LogP contribution is -2.39. The molecule has 1 saturated carbocycles. The van der Waals surface area contributed by atoms with E-state index in [2.05, 4.69) is 10.6 Å². The number of carbonyl (C=O) groups is 1. The van der Waals surface area contributed by atoms with Gasteiger partial charge in [-0.2, -0.15) is 0 Å². The van der Waals surface area contributed by atoms with Crippen molar-refractivity contribution in [3.8, 4) is 0 Å². The molecule has 3 nitrogen and oxygen atoms in total. The van der Waals surface area contributed by atoms with Gasteiger partial charge in [-0.1, -0.05) is 43.9 Å².